The van der Waals surface area contributed by atoms with Crippen LogP contribution in [-0.4, -0.2) is 34.0 Å². The molecular weight excluding hydrogens is 332 g/mol. The lowest BCUT2D eigenvalue weighted by Gasteiger charge is -2.38. The van der Waals surface area contributed by atoms with Crippen LogP contribution in [0, 0.1) is 5.92 Å². The van der Waals surface area contributed by atoms with E-state index in [4.69, 9.17) is 0 Å². The van der Waals surface area contributed by atoms with Crippen molar-refractivity contribution >= 4 is 17.2 Å². The fourth-order valence-corrected chi connectivity index (χ4v) is 5.15. The Morgan fingerprint density at radius 2 is 2.20 bits per heavy atom. The molecule has 0 bridgehead atoms. The maximum atomic E-state index is 12.9. The minimum atomic E-state index is -0.866. The lowest BCUT2D eigenvalue weighted by atomic mass is 9.85. The van der Waals surface area contributed by atoms with E-state index in [-0.39, 0.29) is 5.91 Å². The molecule has 4 rings (SSSR count). The van der Waals surface area contributed by atoms with Gasteiger partial charge < -0.3 is 10.0 Å². The number of pyridine rings is 1. The van der Waals surface area contributed by atoms with Crippen molar-refractivity contribution in [1.82, 2.24) is 9.88 Å². The summed E-state index contributed by atoms with van der Waals surface area (Å²) in [6.45, 7) is 3.46. The van der Waals surface area contributed by atoms with E-state index in [1.165, 1.54) is 16.9 Å². The van der Waals surface area contributed by atoms with E-state index in [9.17, 15) is 9.90 Å². The Bertz CT molecular complexity index is 763. The van der Waals surface area contributed by atoms with Gasteiger partial charge in [-0.25, -0.2) is 0 Å². The highest BCUT2D eigenvalue weighted by Gasteiger charge is 2.36. The zero-order valence-electron chi connectivity index (χ0n) is 14.6. The standard InChI is InChI=1S/C20H24N2O2S/c1-14-4-5-17-15(11-14)12-18(25-17)19(23)22-9-6-20(24,7-10-22)16-3-2-8-21-13-16/h2-3,8,12-14,24H,4-7,9-11H2,1H3/t14-/m0/s1. The molecule has 3 heterocycles. The summed E-state index contributed by atoms with van der Waals surface area (Å²) < 4.78 is 0. The van der Waals surface area contributed by atoms with Crippen molar-refractivity contribution in [3.8, 4) is 0 Å². The molecule has 0 radical (unpaired) electrons. The molecule has 1 aliphatic carbocycles. The van der Waals surface area contributed by atoms with Gasteiger partial charge in [0.05, 0.1) is 10.5 Å². The normalized spacial score (nSPS) is 22.5. The molecule has 2 aliphatic rings. The van der Waals surface area contributed by atoms with Crippen LogP contribution in [0.5, 0.6) is 0 Å². The van der Waals surface area contributed by atoms with Crippen LogP contribution in [0.1, 0.15) is 51.9 Å². The largest absolute Gasteiger partial charge is 0.385 e. The molecule has 4 nitrogen and oxygen atoms in total. The molecular formula is C20H24N2O2S. The Morgan fingerprint density at radius 1 is 1.40 bits per heavy atom. The number of aryl methyl sites for hydroxylation is 1. The van der Waals surface area contributed by atoms with Gasteiger partial charge in [0.2, 0.25) is 0 Å². The monoisotopic (exact) mass is 356 g/mol. The quantitative estimate of drug-likeness (QED) is 0.897. The molecule has 1 fully saturated rings. The number of piperidine rings is 1. The van der Waals surface area contributed by atoms with E-state index >= 15 is 0 Å². The third-order valence-corrected chi connectivity index (χ3v) is 6.84. The van der Waals surface area contributed by atoms with Crippen molar-refractivity contribution in [2.75, 3.05) is 13.1 Å². The Kier molecular flexibility index (Phi) is 4.38. The number of thiophene rings is 1. The number of fused-ring (bicyclic) bond motifs is 1. The van der Waals surface area contributed by atoms with E-state index in [0.29, 0.717) is 25.9 Å². The van der Waals surface area contributed by atoms with Crippen molar-refractivity contribution in [3.63, 3.8) is 0 Å². The first-order valence-electron chi connectivity index (χ1n) is 9.09. The fourth-order valence-electron chi connectivity index (χ4n) is 3.97. The minimum Gasteiger partial charge on any atom is -0.385 e. The minimum absolute atomic E-state index is 0.125. The molecule has 1 saturated heterocycles. The van der Waals surface area contributed by atoms with Gasteiger partial charge in [0.15, 0.2) is 0 Å². The number of carbonyl (C=O) groups excluding carboxylic acids is 1. The maximum absolute atomic E-state index is 12.9. The second-order valence-electron chi connectivity index (χ2n) is 7.47. The van der Waals surface area contributed by atoms with E-state index in [1.807, 2.05) is 17.0 Å². The molecule has 0 unspecified atom stereocenters. The van der Waals surface area contributed by atoms with Crippen LogP contribution in [0.2, 0.25) is 0 Å². The Morgan fingerprint density at radius 3 is 2.92 bits per heavy atom. The number of likely N-dealkylation sites (tertiary alicyclic amines) is 1. The number of nitrogens with zero attached hydrogens (tertiary/aromatic N) is 2. The van der Waals surface area contributed by atoms with Gasteiger partial charge in [0.1, 0.15) is 0 Å². The highest BCUT2D eigenvalue weighted by atomic mass is 32.1. The van der Waals surface area contributed by atoms with Crippen LogP contribution in [0.15, 0.2) is 30.6 Å². The zero-order chi connectivity index (χ0) is 17.4. The lowest BCUT2D eigenvalue weighted by Crippen LogP contribution is -2.45. The maximum Gasteiger partial charge on any atom is 0.263 e. The van der Waals surface area contributed by atoms with Crippen LogP contribution in [0.25, 0.3) is 0 Å². The van der Waals surface area contributed by atoms with Crippen LogP contribution in [-0.2, 0) is 18.4 Å². The molecule has 1 atom stereocenters. The summed E-state index contributed by atoms with van der Waals surface area (Å²) in [7, 11) is 0. The number of aromatic nitrogens is 1. The highest BCUT2D eigenvalue weighted by Crippen LogP contribution is 2.35. The predicted octanol–water partition coefficient (Wildman–Crippen LogP) is 3.39. The number of rotatable bonds is 2. The first-order valence-corrected chi connectivity index (χ1v) is 9.90. The summed E-state index contributed by atoms with van der Waals surface area (Å²) in [5.41, 5.74) is 1.36. The van der Waals surface area contributed by atoms with Crippen LogP contribution >= 0.6 is 11.3 Å². The van der Waals surface area contributed by atoms with Gasteiger partial charge in [-0.15, -0.1) is 11.3 Å². The molecule has 0 aromatic carbocycles. The van der Waals surface area contributed by atoms with Gasteiger partial charge in [0.25, 0.3) is 5.91 Å². The second-order valence-corrected chi connectivity index (χ2v) is 8.61. The molecule has 0 spiro atoms. The van der Waals surface area contributed by atoms with Gasteiger partial charge in [-0.1, -0.05) is 13.0 Å². The average molecular weight is 356 g/mol. The molecule has 1 amide bonds. The predicted molar refractivity (Wildman–Crippen MR) is 98.8 cm³/mol. The van der Waals surface area contributed by atoms with Crippen molar-refractivity contribution in [3.05, 3.63) is 51.5 Å². The molecule has 2 aromatic rings. The Labute approximate surface area is 152 Å². The molecule has 1 N–H and O–H groups in total. The zero-order valence-corrected chi connectivity index (χ0v) is 15.4. The van der Waals surface area contributed by atoms with Crippen LogP contribution < -0.4 is 0 Å². The van der Waals surface area contributed by atoms with E-state index in [0.717, 1.165) is 29.2 Å². The molecule has 25 heavy (non-hydrogen) atoms. The van der Waals surface area contributed by atoms with Gasteiger partial charge in [-0.05, 0) is 55.7 Å². The van der Waals surface area contributed by atoms with Gasteiger partial charge >= 0.3 is 0 Å². The van der Waals surface area contributed by atoms with E-state index in [1.54, 1.807) is 23.7 Å². The fraction of sp³-hybridized carbons (Fsp3) is 0.500. The third kappa shape index (κ3) is 3.23. The molecule has 0 saturated carbocycles. The summed E-state index contributed by atoms with van der Waals surface area (Å²) in [4.78, 5) is 21.2. The van der Waals surface area contributed by atoms with Gasteiger partial charge in [-0.2, -0.15) is 0 Å². The lowest BCUT2D eigenvalue weighted by molar-refractivity contribution is -0.0212. The molecule has 2 aromatic heterocycles. The van der Waals surface area contributed by atoms with Crippen molar-refractivity contribution in [2.24, 2.45) is 5.92 Å². The Hall–Kier alpha value is -1.72. The van der Waals surface area contributed by atoms with Crippen molar-refractivity contribution < 1.29 is 9.90 Å². The smallest absolute Gasteiger partial charge is 0.263 e. The summed E-state index contributed by atoms with van der Waals surface area (Å²) in [6.07, 6.45) is 7.99. The first-order chi connectivity index (χ1) is 12.0. The SMILES string of the molecule is C[C@H]1CCc2sc(C(=O)N3CCC(O)(c4cccnc4)CC3)cc2C1. The molecule has 1 aliphatic heterocycles. The number of aliphatic hydroxyl groups is 1. The number of hydrogen-bond donors (Lipinski definition) is 1. The van der Waals surface area contributed by atoms with Gasteiger partial charge in [-0.3, -0.25) is 9.78 Å². The van der Waals surface area contributed by atoms with E-state index < -0.39 is 5.60 Å². The number of carbonyl (C=O) groups is 1. The molecule has 132 valence electrons. The van der Waals surface area contributed by atoms with Crippen LogP contribution in [0.4, 0.5) is 0 Å². The summed E-state index contributed by atoms with van der Waals surface area (Å²) in [5, 5.41) is 10.9. The number of hydrogen-bond acceptors (Lipinski definition) is 4. The number of amides is 1. The molecule has 5 heteroatoms. The van der Waals surface area contributed by atoms with Gasteiger partial charge in [0, 0.05) is 35.9 Å². The summed E-state index contributed by atoms with van der Waals surface area (Å²) in [6, 6.07) is 5.88. The van der Waals surface area contributed by atoms with E-state index in [2.05, 4.69) is 18.0 Å². The second kappa shape index (κ2) is 6.54. The summed E-state index contributed by atoms with van der Waals surface area (Å²) in [5.74, 6) is 0.842. The Balaban J connectivity index is 1.45. The highest BCUT2D eigenvalue weighted by molar-refractivity contribution is 7.14. The topological polar surface area (TPSA) is 53.4 Å². The van der Waals surface area contributed by atoms with Crippen molar-refractivity contribution in [2.45, 2.75) is 44.6 Å². The third-order valence-electron chi connectivity index (χ3n) is 5.62. The van der Waals surface area contributed by atoms with Crippen LogP contribution in [0.3, 0.4) is 0 Å². The first kappa shape index (κ1) is 16.7. The average Bonchev–Trinajstić information content (AvgIpc) is 3.06. The summed E-state index contributed by atoms with van der Waals surface area (Å²) >= 11 is 1.67. The van der Waals surface area contributed by atoms with Crippen molar-refractivity contribution in [1.29, 1.82) is 0 Å².